The lowest BCUT2D eigenvalue weighted by Gasteiger charge is -2.14. The van der Waals surface area contributed by atoms with Gasteiger partial charge in [-0.2, -0.15) is 0 Å². The maximum absolute atomic E-state index is 12.7. The highest BCUT2D eigenvalue weighted by Crippen LogP contribution is 2.32. The second-order valence-corrected chi connectivity index (χ2v) is 9.17. The Morgan fingerprint density at radius 1 is 1.03 bits per heavy atom. The first-order chi connectivity index (χ1) is 16.9. The van der Waals surface area contributed by atoms with E-state index < -0.39 is 11.9 Å². The van der Waals surface area contributed by atoms with Gasteiger partial charge in [0.25, 0.3) is 11.8 Å². The van der Waals surface area contributed by atoms with E-state index in [2.05, 4.69) is 20.6 Å². The van der Waals surface area contributed by atoms with Gasteiger partial charge in [-0.1, -0.05) is 42.5 Å². The number of unbranched alkanes of at least 4 members (excludes halogenated alkanes) is 2. The number of hydrogen-bond acceptors (Lipinski definition) is 8. The van der Waals surface area contributed by atoms with E-state index in [4.69, 9.17) is 12.2 Å². The number of methoxy groups -OCH3 is 1. The lowest BCUT2D eigenvalue weighted by atomic mass is 10.1. The van der Waals surface area contributed by atoms with Gasteiger partial charge in [0.15, 0.2) is 0 Å². The third-order valence-electron chi connectivity index (χ3n) is 5.05. The molecule has 1 fully saturated rings. The Morgan fingerprint density at radius 2 is 1.74 bits per heavy atom. The van der Waals surface area contributed by atoms with E-state index in [1.807, 2.05) is 0 Å². The first-order valence-corrected chi connectivity index (χ1v) is 12.0. The van der Waals surface area contributed by atoms with Gasteiger partial charge < -0.3 is 4.74 Å². The number of aromatic nitrogens is 1. The minimum atomic E-state index is -0.421. The lowest BCUT2D eigenvalue weighted by molar-refractivity contribution is -0.123. The fourth-order valence-corrected chi connectivity index (χ4v) is 4.48. The average Bonchev–Trinajstić information content (AvgIpc) is 3.14. The topological polar surface area (TPSA) is 118 Å². The molecular weight excluding hydrogens is 488 g/mol. The summed E-state index contributed by atoms with van der Waals surface area (Å²) < 4.78 is 5.17. The molecule has 182 valence electrons. The molecule has 35 heavy (non-hydrogen) atoms. The molecule has 1 aromatic carbocycles. The second-order valence-electron chi connectivity index (χ2n) is 7.50. The molecule has 2 N–H and O–H groups in total. The van der Waals surface area contributed by atoms with Crippen LogP contribution in [0.3, 0.4) is 0 Å². The molecule has 0 unspecified atom stereocenters. The Labute approximate surface area is 212 Å². The smallest absolute Gasteiger partial charge is 0.337 e. The molecule has 1 aliphatic rings. The van der Waals surface area contributed by atoms with Crippen LogP contribution in [0.1, 0.15) is 52.0 Å². The Morgan fingerprint density at radius 3 is 2.43 bits per heavy atom. The summed E-state index contributed by atoms with van der Waals surface area (Å²) in [5.74, 6) is -1.29. The van der Waals surface area contributed by atoms with Gasteiger partial charge in [-0.15, -0.1) is 0 Å². The molecule has 2 aromatic rings. The van der Waals surface area contributed by atoms with Crippen LogP contribution in [0.25, 0.3) is 6.08 Å². The van der Waals surface area contributed by atoms with Crippen molar-refractivity contribution in [3.05, 3.63) is 70.4 Å². The van der Waals surface area contributed by atoms with Crippen LogP contribution in [-0.2, 0) is 14.3 Å². The minimum absolute atomic E-state index is 0.159. The lowest BCUT2D eigenvalue weighted by Crippen LogP contribution is -2.41. The maximum atomic E-state index is 12.7. The molecule has 1 aromatic heterocycles. The van der Waals surface area contributed by atoms with Crippen molar-refractivity contribution >= 4 is 58.1 Å². The number of nitrogens with zero attached hydrogens (tertiary/aromatic N) is 2. The van der Waals surface area contributed by atoms with Crippen molar-refractivity contribution in [1.82, 2.24) is 20.7 Å². The van der Waals surface area contributed by atoms with Crippen LogP contribution in [0.5, 0.6) is 0 Å². The van der Waals surface area contributed by atoms with Crippen molar-refractivity contribution < 1.29 is 23.9 Å². The SMILES string of the molecule is COC(=O)c1ccc(C=C2SC(=S)N(CCCCCC(=O)NNC(=O)c3ccncc3)C2=O)cc1. The zero-order valence-corrected chi connectivity index (χ0v) is 20.6. The number of ether oxygens (including phenoxy) is 1. The van der Waals surface area contributed by atoms with Crippen LogP contribution < -0.4 is 10.9 Å². The standard InChI is InChI=1S/C24H24N4O5S2/c1-33-23(32)18-8-6-16(7-9-18)15-19-22(31)28(24(34)35-19)14-4-2-3-5-20(29)26-27-21(30)17-10-12-25-13-11-17/h6-13,15H,2-5,14H2,1H3,(H,26,29)(H,27,30). The van der Waals surface area contributed by atoms with Gasteiger partial charge in [-0.3, -0.25) is 35.1 Å². The zero-order chi connectivity index (χ0) is 25.2. The van der Waals surface area contributed by atoms with Crippen molar-refractivity contribution in [2.75, 3.05) is 13.7 Å². The highest BCUT2D eigenvalue weighted by atomic mass is 32.2. The van der Waals surface area contributed by atoms with Gasteiger partial charge in [0.2, 0.25) is 5.91 Å². The molecule has 3 amide bonds. The Bertz CT molecular complexity index is 1140. The summed E-state index contributed by atoms with van der Waals surface area (Å²) in [5, 5.41) is 0. The maximum Gasteiger partial charge on any atom is 0.337 e. The molecular formula is C24H24N4O5S2. The molecule has 3 rings (SSSR count). The number of hydrazine groups is 1. The normalized spacial score (nSPS) is 14.2. The van der Waals surface area contributed by atoms with Crippen molar-refractivity contribution in [2.45, 2.75) is 25.7 Å². The predicted octanol–water partition coefficient (Wildman–Crippen LogP) is 3.09. The molecule has 0 aliphatic carbocycles. The van der Waals surface area contributed by atoms with E-state index >= 15 is 0 Å². The number of hydrogen-bond donors (Lipinski definition) is 2. The molecule has 0 atom stereocenters. The highest BCUT2D eigenvalue weighted by molar-refractivity contribution is 8.26. The molecule has 9 nitrogen and oxygen atoms in total. The van der Waals surface area contributed by atoms with Crippen molar-refractivity contribution in [2.24, 2.45) is 0 Å². The van der Waals surface area contributed by atoms with Crippen LogP contribution in [0.2, 0.25) is 0 Å². The van der Waals surface area contributed by atoms with E-state index in [-0.39, 0.29) is 18.2 Å². The Balaban J connectivity index is 1.38. The number of thioether (sulfide) groups is 1. The largest absolute Gasteiger partial charge is 0.465 e. The quantitative estimate of drug-likeness (QED) is 0.173. The summed E-state index contributed by atoms with van der Waals surface area (Å²) in [5.41, 5.74) is 6.36. The number of nitrogens with one attached hydrogen (secondary N) is 2. The first kappa shape index (κ1) is 26.0. The van der Waals surface area contributed by atoms with Crippen LogP contribution >= 0.6 is 24.0 Å². The number of carbonyl (C=O) groups excluding carboxylic acids is 4. The third kappa shape index (κ3) is 7.46. The van der Waals surface area contributed by atoms with Crippen molar-refractivity contribution in [3.63, 3.8) is 0 Å². The van der Waals surface area contributed by atoms with Gasteiger partial charge >= 0.3 is 5.97 Å². The summed E-state index contributed by atoms with van der Waals surface area (Å²) in [6.45, 7) is 0.462. The highest BCUT2D eigenvalue weighted by Gasteiger charge is 2.31. The zero-order valence-electron chi connectivity index (χ0n) is 19.0. The van der Waals surface area contributed by atoms with Crippen LogP contribution in [0.4, 0.5) is 0 Å². The average molecular weight is 513 g/mol. The molecule has 0 radical (unpaired) electrons. The summed E-state index contributed by atoms with van der Waals surface area (Å²) in [4.78, 5) is 54.0. The fourth-order valence-electron chi connectivity index (χ4n) is 3.17. The van der Waals surface area contributed by atoms with Gasteiger partial charge in [-0.05, 0) is 48.7 Å². The van der Waals surface area contributed by atoms with E-state index in [9.17, 15) is 19.2 Å². The minimum Gasteiger partial charge on any atom is -0.465 e. The molecule has 1 aliphatic heterocycles. The van der Waals surface area contributed by atoms with E-state index in [1.54, 1.807) is 47.4 Å². The van der Waals surface area contributed by atoms with Gasteiger partial charge in [-0.25, -0.2) is 4.79 Å². The fraction of sp³-hybridized carbons (Fsp3) is 0.250. The number of pyridine rings is 1. The van der Waals surface area contributed by atoms with Crippen molar-refractivity contribution in [3.8, 4) is 0 Å². The van der Waals surface area contributed by atoms with Crippen molar-refractivity contribution in [1.29, 1.82) is 0 Å². The van der Waals surface area contributed by atoms with Crippen LogP contribution in [0.15, 0.2) is 53.7 Å². The Kier molecular flexibility index (Phi) is 9.50. The molecule has 1 saturated heterocycles. The van der Waals surface area contributed by atoms with E-state index in [1.165, 1.54) is 31.3 Å². The molecule has 0 spiro atoms. The number of esters is 1. The summed E-state index contributed by atoms with van der Waals surface area (Å²) in [6, 6.07) is 9.85. The predicted molar refractivity (Wildman–Crippen MR) is 136 cm³/mol. The van der Waals surface area contributed by atoms with Crippen LogP contribution in [-0.4, -0.2) is 51.5 Å². The first-order valence-electron chi connectivity index (χ1n) is 10.8. The molecule has 0 saturated carbocycles. The van der Waals surface area contributed by atoms with Crippen LogP contribution in [0, 0.1) is 0 Å². The number of amides is 3. The summed E-state index contributed by atoms with van der Waals surface area (Å²) in [7, 11) is 1.32. The summed E-state index contributed by atoms with van der Waals surface area (Å²) in [6.07, 6.45) is 6.99. The molecule has 2 heterocycles. The Hall–Kier alpha value is -3.57. The van der Waals surface area contributed by atoms with Gasteiger partial charge in [0, 0.05) is 30.9 Å². The number of carbonyl (C=O) groups is 4. The third-order valence-corrected chi connectivity index (χ3v) is 6.42. The number of benzene rings is 1. The molecule has 11 heteroatoms. The summed E-state index contributed by atoms with van der Waals surface area (Å²) >= 11 is 6.59. The number of rotatable bonds is 9. The van der Waals surface area contributed by atoms with E-state index in [0.29, 0.717) is 39.7 Å². The monoisotopic (exact) mass is 512 g/mol. The number of thiocarbonyl (C=S) groups is 1. The van der Waals surface area contributed by atoms with Gasteiger partial charge in [0.1, 0.15) is 4.32 Å². The molecule has 0 bridgehead atoms. The van der Waals surface area contributed by atoms with E-state index in [0.717, 1.165) is 12.0 Å². The van der Waals surface area contributed by atoms with Gasteiger partial charge in [0.05, 0.1) is 17.6 Å². The second kappa shape index (κ2) is 12.8.